The molecule has 2 aromatic carbocycles. The Morgan fingerprint density at radius 1 is 1.03 bits per heavy atom. The van der Waals surface area contributed by atoms with Gasteiger partial charge in [-0.15, -0.1) is 0 Å². The first-order valence-electron chi connectivity index (χ1n) is 11.9. The highest BCUT2D eigenvalue weighted by Gasteiger charge is 2.59. The van der Waals surface area contributed by atoms with Gasteiger partial charge >= 0.3 is 5.97 Å². The number of nitrogens with two attached hydrogens (primary N) is 1. The topological polar surface area (TPSA) is 64.3 Å². The van der Waals surface area contributed by atoms with Crippen LogP contribution >= 0.6 is 23.2 Å². The highest BCUT2D eigenvalue weighted by molar-refractivity contribution is 6.30. The first kappa shape index (κ1) is 24.5. The maximum absolute atomic E-state index is 13.5. The van der Waals surface area contributed by atoms with Crippen LogP contribution in [0.4, 0.5) is 0 Å². The summed E-state index contributed by atoms with van der Waals surface area (Å²) in [6, 6.07) is 14.8. The number of rotatable bonds is 4. The van der Waals surface area contributed by atoms with Gasteiger partial charge in [-0.2, -0.15) is 0 Å². The SMILES string of the molecule is CC(C)(C)OC(=O)[C@@H]1N[C@@H](C2CCCCC2)[C@](N)(c2ccc(Cl)cc2)[C@H]1c1cccc(Cl)c1. The number of esters is 1. The fraction of sp³-hybridized carbons (Fsp3) is 0.519. The van der Waals surface area contributed by atoms with Crippen LogP contribution in [0.15, 0.2) is 48.5 Å². The smallest absolute Gasteiger partial charge is 0.324 e. The van der Waals surface area contributed by atoms with Gasteiger partial charge in [0.25, 0.3) is 0 Å². The lowest BCUT2D eigenvalue weighted by atomic mass is 9.67. The van der Waals surface area contributed by atoms with Crippen LogP contribution in [-0.4, -0.2) is 23.7 Å². The average molecular weight is 489 g/mol. The van der Waals surface area contributed by atoms with Gasteiger partial charge in [0.1, 0.15) is 11.6 Å². The second kappa shape index (κ2) is 9.58. The number of nitrogens with one attached hydrogen (secondary N) is 1. The van der Waals surface area contributed by atoms with Gasteiger partial charge < -0.3 is 10.5 Å². The highest BCUT2D eigenvalue weighted by Crippen LogP contribution is 2.50. The quantitative estimate of drug-likeness (QED) is 0.503. The molecule has 1 saturated carbocycles. The van der Waals surface area contributed by atoms with Crippen molar-refractivity contribution in [1.82, 2.24) is 5.32 Å². The van der Waals surface area contributed by atoms with Crippen molar-refractivity contribution >= 4 is 29.2 Å². The van der Waals surface area contributed by atoms with E-state index >= 15 is 0 Å². The predicted octanol–water partition coefficient (Wildman–Crippen LogP) is 6.19. The molecule has 6 heteroatoms. The van der Waals surface area contributed by atoms with Crippen molar-refractivity contribution in [3.05, 3.63) is 69.7 Å². The van der Waals surface area contributed by atoms with Crippen LogP contribution in [-0.2, 0) is 15.1 Å². The summed E-state index contributed by atoms with van der Waals surface area (Å²) in [7, 11) is 0. The van der Waals surface area contributed by atoms with Crippen molar-refractivity contribution < 1.29 is 9.53 Å². The van der Waals surface area contributed by atoms with E-state index in [1.54, 1.807) is 0 Å². The molecule has 4 rings (SSSR count). The Hall–Kier alpha value is -1.59. The second-order valence-corrected chi connectivity index (χ2v) is 11.4. The summed E-state index contributed by atoms with van der Waals surface area (Å²) >= 11 is 12.6. The molecular weight excluding hydrogens is 455 g/mol. The van der Waals surface area contributed by atoms with Crippen LogP contribution in [0, 0.1) is 5.92 Å². The molecule has 1 aliphatic heterocycles. The highest BCUT2D eigenvalue weighted by atomic mass is 35.5. The zero-order valence-corrected chi connectivity index (χ0v) is 21.1. The Kier molecular flexibility index (Phi) is 7.12. The van der Waals surface area contributed by atoms with Gasteiger partial charge in [0.15, 0.2) is 0 Å². The number of ether oxygens (including phenoxy) is 1. The normalized spacial score (nSPS) is 28.6. The predicted molar refractivity (Wildman–Crippen MR) is 135 cm³/mol. The molecule has 178 valence electrons. The molecule has 4 atom stereocenters. The lowest BCUT2D eigenvalue weighted by molar-refractivity contribution is -0.157. The molecule has 0 bridgehead atoms. The van der Waals surface area contributed by atoms with E-state index in [1.807, 2.05) is 69.3 Å². The summed E-state index contributed by atoms with van der Waals surface area (Å²) in [6.07, 6.45) is 5.78. The Bertz CT molecular complexity index is 982. The van der Waals surface area contributed by atoms with E-state index in [2.05, 4.69) is 5.32 Å². The van der Waals surface area contributed by atoms with Crippen molar-refractivity contribution in [3.63, 3.8) is 0 Å². The monoisotopic (exact) mass is 488 g/mol. The maximum Gasteiger partial charge on any atom is 0.324 e. The third-order valence-corrected chi connectivity index (χ3v) is 7.54. The minimum absolute atomic E-state index is 0.0829. The molecule has 1 saturated heterocycles. The summed E-state index contributed by atoms with van der Waals surface area (Å²) in [5.74, 6) is -0.262. The van der Waals surface area contributed by atoms with Gasteiger partial charge in [0, 0.05) is 22.0 Å². The summed E-state index contributed by atoms with van der Waals surface area (Å²) in [5.41, 5.74) is 7.93. The molecule has 0 aromatic heterocycles. The third-order valence-electron chi connectivity index (χ3n) is 7.06. The van der Waals surface area contributed by atoms with Gasteiger partial charge in [0.2, 0.25) is 0 Å². The Balaban J connectivity index is 1.87. The summed E-state index contributed by atoms with van der Waals surface area (Å²) < 4.78 is 5.88. The number of hydrogen-bond acceptors (Lipinski definition) is 4. The van der Waals surface area contributed by atoms with Crippen LogP contribution < -0.4 is 11.1 Å². The van der Waals surface area contributed by atoms with Crippen molar-refractivity contribution in [1.29, 1.82) is 0 Å². The molecule has 0 spiro atoms. The number of halogens is 2. The van der Waals surface area contributed by atoms with Crippen LogP contribution in [0.1, 0.15) is 69.9 Å². The molecule has 33 heavy (non-hydrogen) atoms. The van der Waals surface area contributed by atoms with Crippen LogP contribution in [0.2, 0.25) is 10.0 Å². The van der Waals surface area contributed by atoms with E-state index in [-0.39, 0.29) is 17.9 Å². The van der Waals surface area contributed by atoms with E-state index in [1.165, 1.54) is 19.3 Å². The first-order valence-corrected chi connectivity index (χ1v) is 12.6. The minimum Gasteiger partial charge on any atom is -0.459 e. The fourth-order valence-electron chi connectivity index (χ4n) is 5.73. The lowest BCUT2D eigenvalue weighted by Gasteiger charge is -2.42. The van der Waals surface area contributed by atoms with Crippen LogP contribution in [0.5, 0.6) is 0 Å². The molecule has 2 aromatic rings. The summed E-state index contributed by atoms with van der Waals surface area (Å²) in [5, 5.41) is 4.96. The van der Waals surface area contributed by atoms with Crippen LogP contribution in [0.25, 0.3) is 0 Å². The molecule has 4 nitrogen and oxygen atoms in total. The fourth-order valence-corrected chi connectivity index (χ4v) is 6.05. The Morgan fingerprint density at radius 2 is 1.70 bits per heavy atom. The molecule has 3 N–H and O–H groups in total. The molecule has 0 amide bonds. The molecule has 1 aliphatic carbocycles. The zero-order chi connectivity index (χ0) is 23.8. The van der Waals surface area contributed by atoms with E-state index in [0.717, 1.165) is 24.0 Å². The molecule has 0 radical (unpaired) electrons. The standard InChI is InChI=1S/C27H34Cl2N2O2/c1-26(2,3)33-25(32)23-22(18-10-7-11-21(29)16-18)27(30,19-12-14-20(28)15-13-19)24(31-23)17-8-5-4-6-9-17/h7,10-17,22-24,31H,4-6,8-9,30H2,1-3H3/t22-,23+,24-,27-/m0/s1. The van der Waals surface area contributed by atoms with Crippen molar-refractivity contribution in [2.75, 3.05) is 0 Å². The van der Waals surface area contributed by atoms with E-state index in [0.29, 0.717) is 16.0 Å². The van der Waals surface area contributed by atoms with Gasteiger partial charge in [-0.1, -0.05) is 66.7 Å². The molecular formula is C27H34Cl2N2O2. The van der Waals surface area contributed by atoms with E-state index in [9.17, 15) is 4.79 Å². The summed E-state index contributed by atoms with van der Waals surface area (Å²) in [4.78, 5) is 13.5. The average Bonchev–Trinajstić information content (AvgIpc) is 3.08. The number of carbonyl (C=O) groups is 1. The van der Waals surface area contributed by atoms with Gasteiger partial charge in [0.05, 0.1) is 5.54 Å². The summed E-state index contributed by atoms with van der Waals surface area (Å²) in [6.45, 7) is 5.67. The van der Waals surface area contributed by atoms with Gasteiger partial charge in [-0.05, 0) is 74.9 Å². The Labute approximate surface area is 207 Å². The lowest BCUT2D eigenvalue weighted by Crippen LogP contribution is -2.54. The molecule has 1 heterocycles. The van der Waals surface area contributed by atoms with Crippen molar-refractivity contribution in [2.24, 2.45) is 11.7 Å². The maximum atomic E-state index is 13.5. The zero-order valence-electron chi connectivity index (χ0n) is 19.6. The first-order chi connectivity index (χ1) is 15.6. The van der Waals surface area contributed by atoms with Crippen LogP contribution in [0.3, 0.4) is 0 Å². The number of benzene rings is 2. The van der Waals surface area contributed by atoms with Crippen molar-refractivity contribution in [3.8, 4) is 0 Å². The molecule has 0 unspecified atom stereocenters. The Morgan fingerprint density at radius 3 is 2.30 bits per heavy atom. The van der Waals surface area contributed by atoms with Gasteiger partial charge in [-0.3, -0.25) is 10.1 Å². The van der Waals surface area contributed by atoms with E-state index in [4.69, 9.17) is 33.7 Å². The molecule has 2 aliphatic rings. The second-order valence-electron chi connectivity index (χ2n) is 10.5. The largest absolute Gasteiger partial charge is 0.459 e. The number of hydrogen-bond donors (Lipinski definition) is 2. The van der Waals surface area contributed by atoms with Crippen molar-refractivity contribution in [2.45, 2.75) is 82.0 Å². The number of carbonyl (C=O) groups excluding carboxylic acids is 1. The van der Waals surface area contributed by atoms with E-state index < -0.39 is 17.2 Å². The van der Waals surface area contributed by atoms with Gasteiger partial charge in [-0.25, -0.2) is 0 Å². The third kappa shape index (κ3) is 5.09. The minimum atomic E-state index is -0.834. The molecule has 2 fully saturated rings.